The summed E-state index contributed by atoms with van der Waals surface area (Å²) in [5, 5.41) is 11.2. The van der Waals surface area contributed by atoms with Crippen molar-refractivity contribution in [3.63, 3.8) is 0 Å². The quantitative estimate of drug-likeness (QED) is 0.387. The maximum absolute atomic E-state index is 12.7. The van der Waals surface area contributed by atoms with Crippen molar-refractivity contribution in [3.05, 3.63) is 64.2 Å². The molecule has 4 bridgehead atoms. The molecule has 6 nitrogen and oxygen atoms in total. The molecule has 4 saturated carbocycles. The fourth-order valence-electron chi connectivity index (χ4n) is 6.43. The van der Waals surface area contributed by atoms with Crippen molar-refractivity contribution in [2.75, 3.05) is 4.72 Å². The first-order valence-corrected chi connectivity index (χ1v) is 12.1. The van der Waals surface area contributed by atoms with Gasteiger partial charge in [0.2, 0.25) is 0 Å². The number of nitrogens with one attached hydrogen (secondary N) is 1. The minimum Gasteiger partial charge on any atom is -0.279 e. The van der Waals surface area contributed by atoms with Gasteiger partial charge in [0, 0.05) is 16.6 Å². The highest BCUT2D eigenvalue weighted by atomic mass is 35.5. The molecule has 1 N–H and O–H groups in total. The molecule has 0 aromatic heterocycles. The minimum absolute atomic E-state index is 0.0848. The number of halogens is 1. The average molecular weight is 447 g/mol. The highest BCUT2D eigenvalue weighted by molar-refractivity contribution is 7.92. The number of rotatable bonds is 5. The van der Waals surface area contributed by atoms with E-state index in [1.54, 1.807) is 12.1 Å². The normalized spacial score (nSPS) is 32.2. The molecule has 2 atom stereocenters. The maximum Gasteiger partial charge on any atom is 0.289 e. The second-order valence-electron chi connectivity index (χ2n) is 9.30. The van der Waals surface area contributed by atoms with Crippen molar-refractivity contribution in [3.8, 4) is 0 Å². The number of hydrogen-bond acceptors (Lipinski definition) is 4. The molecule has 2 unspecified atom stereocenters. The van der Waals surface area contributed by atoms with E-state index in [4.69, 9.17) is 11.6 Å². The molecule has 8 heteroatoms. The Morgan fingerprint density at radius 2 is 1.63 bits per heavy atom. The summed E-state index contributed by atoms with van der Waals surface area (Å²) in [5.41, 5.74) is 1.25. The van der Waals surface area contributed by atoms with Gasteiger partial charge in [-0.1, -0.05) is 24.3 Å². The molecule has 158 valence electrons. The smallest absolute Gasteiger partial charge is 0.279 e. The second kappa shape index (κ2) is 6.69. The van der Waals surface area contributed by atoms with Gasteiger partial charge in [0.15, 0.2) is 4.90 Å². The Morgan fingerprint density at radius 3 is 2.23 bits per heavy atom. The van der Waals surface area contributed by atoms with Crippen molar-refractivity contribution in [1.82, 2.24) is 0 Å². The molecular weight excluding hydrogens is 424 g/mol. The standard InChI is InChI=1S/C22H23ClN2O4S/c23-22-12-15-9-16(13-22)11-21(10-15,14-22)17-5-7-18(8-6-17)24-30(28,29)20-4-2-1-3-19(20)25(26)27/h1-8,15-16,24H,9-14H2. The van der Waals surface area contributed by atoms with Gasteiger partial charge < -0.3 is 0 Å². The molecule has 4 aliphatic rings. The fourth-order valence-corrected chi connectivity index (χ4v) is 8.35. The van der Waals surface area contributed by atoms with Gasteiger partial charge in [-0.15, -0.1) is 11.6 Å². The summed E-state index contributed by atoms with van der Waals surface area (Å²) in [7, 11) is -4.07. The third kappa shape index (κ3) is 3.28. The van der Waals surface area contributed by atoms with Gasteiger partial charge in [-0.2, -0.15) is 0 Å². The average Bonchev–Trinajstić information content (AvgIpc) is 2.66. The number of sulfonamides is 1. The molecule has 4 fully saturated rings. The molecule has 2 aromatic rings. The third-order valence-electron chi connectivity index (χ3n) is 7.09. The van der Waals surface area contributed by atoms with Crippen LogP contribution in [0.1, 0.15) is 44.1 Å². The monoisotopic (exact) mass is 446 g/mol. The predicted molar refractivity (Wildman–Crippen MR) is 115 cm³/mol. The van der Waals surface area contributed by atoms with Crippen molar-refractivity contribution < 1.29 is 13.3 Å². The van der Waals surface area contributed by atoms with Crippen LogP contribution in [0.2, 0.25) is 0 Å². The van der Waals surface area contributed by atoms with Crippen LogP contribution in [0.25, 0.3) is 0 Å². The van der Waals surface area contributed by atoms with Crippen molar-refractivity contribution >= 4 is 33.0 Å². The summed E-state index contributed by atoms with van der Waals surface area (Å²) in [4.78, 5) is 10.1. The lowest BCUT2D eigenvalue weighted by atomic mass is 9.47. The molecule has 2 aromatic carbocycles. The first-order valence-electron chi connectivity index (χ1n) is 10.2. The van der Waals surface area contributed by atoms with E-state index >= 15 is 0 Å². The molecule has 6 rings (SSSR count). The topological polar surface area (TPSA) is 89.3 Å². The van der Waals surface area contributed by atoms with E-state index in [0.717, 1.165) is 32.1 Å². The Kier molecular flexibility index (Phi) is 4.42. The van der Waals surface area contributed by atoms with Crippen LogP contribution in [0.5, 0.6) is 0 Å². The lowest BCUT2D eigenvalue weighted by Crippen LogP contribution is -2.55. The van der Waals surface area contributed by atoms with Gasteiger partial charge >= 0.3 is 0 Å². The zero-order chi connectivity index (χ0) is 21.1. The summed E-state index contributed by atoms with van der Waals surface area (Å²) in [6.45, 7) is 0. The number of nitro groups is 1. The Labute approximate surface area is 180 Å². The van der Waals surface area contributed by atoms with Gasteiger partial charge in [0.25, 0.3) is 15.7 Å². The van der Waals surface area contributed by atoms with E-state index in [0.29, 0.717) is 17.5 Å². The first kappa shape index (κ1) is 19.8. The zero-order valence-electron chi connectivity index (χ0n) is 16.4. The van der Waals surface area contributed by atoms with Crippen LogP contribution in [0.4, 0.5) is 11.4 Å². The number of hydrogen-bond donors (Lipinski definition) is 1. The van der Waals surface area contributed by atoms with Gasteiger partial charge in [-0.25, -0.2) is 8.42 Å². The summed E-state index contributed by atoms with van der Waals surface area (Å²) in [5.74, 6) is 1.36. The van der Waals surface area contributed by atoms with Crippen molar-refractivity contribution in [2.45, 2.75) is 53.7 Å². The van der Waals surface area contributed by atoms with E-state index in [1.165, 1.54) is 36.2 Å². The predicted octanol–water partition coefficient (Wildman–Crippen LogP) is 5.22. The maximum atomic E-state index is 12.7. The highest BCUT2D eigenvalue weighted by Crippen LogP contribution is 2.64. The van der Waals surface area contributed by atoms with E-state index in [9.17, 15) is 18.5 Å². The SMILES string of the molecule is O=[N+]([O-])c1ccccc1S(=O)(=O)Nc1ccc(C23CC4CC(CC(Cl)(C4)C2)C3)cc1. The molecule has 0 spiro atoms. The van der Waals surface area contributed by atoms with Crippen LogP contribution in [-0.2, 0) is 15.4 Å². The zero-order valence-corrected chi connectivity index (χ0v) is 18.0. The molecule has 0 aliphatic heterocycles. The van der Waals surface area contributed by atoms with Gasteiger partial charge in [0.1, 0.15) is 0 Å². The summed E-state index contributed by atoms with van der Waals surface area (Å²) in [6.07, 6.45) is 6.79. The lowest BCUT2D eigenvalue weighted by molar-refractivity contribution is -0.387. The van der Waals surface area contributed by atoms with Gasteiger partial charge in [-0.05, 0) is 79.5 Å². The van der Waals surface area contributed by atoms with Crippen LogP contribution < -0.4 is 4.72 Å². The number of nitro benzene ring substituents is 1. The number of benzene rings is 2. The minimum atomic E-state index is -4.07. The van der Waals surface area contributed by atoms with Crippen LogP contribution in [0.15, 0.2) is 53.4 Å². The number of para-hydroxylation sites is 1. The molecule has 30 heavy (non-hydrogen) atoms. The van der Waals surface area contributed by atoms with E-state index in [1.807, 2.05) is 12.1 Å². The van der Waals surface area contributed by atoms with Crippen molar-refractivity contribution in [1.29, 1.82) is 0 Å². The molecular formula is C22H23ClN2O4S. The largest absolute Gasteiger partial charge is 0.289 e. The van der Waals surface area contributed by atoms with E-state index in [2.05, 4.69) is 4.72 Å². The number of alkyl halides is 1. The summed E-state index contributed by atoms with van der Waals surface area (Å²) in [6, 6.07) is 12.8. The Hall–Kier alpha value is -2.12. The van der Waals surface area contributed by atoms with Crippen LogP contribution >= 0.6 is 11.6 Å². The summed E-state index contributed by atoms with van der Waals surface area (Å²) >= 11 is 6.95. The molecule has 0 saturated heterocycles. The Bertz CT molecular complexity index is 1100. The van der Waals surface area contributed by atoms with E-state index < -0.39 is 20.6 Å². The Morgan fingerprint density at radius 1 is 1.00 bits per heavy atom. The van der Waals surface area contributed by atoms with Gasteiger partial charge in [-0.3, -0.25) is 14.8 Å². The second-order valence-corrected chi connectivity index (χ2v) is 11.8. The van der Waals surface area contributed by atoms with Crippen LogP contribution in [0.3, 0.4) is 0 Å². The number of anilines is 1. The van der Waals surface area contributed by atoms with Crippen LogP contribution in [-0.4, -0.2) is 18.2 Å². The van der Waals surface area contributed by atoms with Gasteiger partial charge in [0.05, 0.1) is 4.92 Å². The molecule has 0 radical (unpaired) electrons. The molecule has 0 heterocycles. The fraction of sp³-hybridized carbons (Fsp3) is 0.455. The number of nitrogens with zero attached hydrogens (tertiary/aromatic N) is 1. The third-order valence-corrected chi connectivity index (χ3v) is 8.96. The molecule has 0 amide bonds. The van der Waals surface area contributed by atoms with E-state index in [-0.39, 0.29) is 15.2 Å². The lowest BCUT2D eigenvalue weighted by Gasteiger charge is -2.60. The van der Waals surface area contributed by atoms with Crippen LogP contribution in [0, 0.1) is 22.0 Å². The summed E-state index contributed by atoms with van der Waals surface area (Å²) < 4.78 is 28.0. The molecule has 4 aliphatic carbocycles. The highest BCUT2D eigenvalue weighted by Gasteiger charge is 2.57. The Balaban J connectivity index is 1.41. The van der Waals surface area contributed by atoms with Crippen molar-refractivity contribution in [2.24, 2.45) is 11.8 Å². The first-order chi connectivity index (χ1) is 14.2.